The molecule has 0 amide bonds. The first kappa shape index (κ1) is 13.7. The molecule has 1 atom stereocenters. The third-order valence-corrected chi connectivity index (χ3v) is 3.67. The second kappa shape index (κ2) is 4.76. The molecule has 5 heteroatoms. The van der Waals surface area contributed by atoms with Gasteiger partial charge >= 0.3 is 0 Å². The summed E-state index contributed by atoms with van der Waals surface area (Å²) in [5.74, 6) is -0.0395. The summed E-state index contributed by atoms with van der Waals surface area (Å²) in [6.45, 7) is 3.52. The first-order chi connectivity index (χ1) is 8.34. The Labute approximate surface area is 111 Å². The van der Waals surface area contributed by atoms with E-state index in [2.05, 4.69) is 4.98 Å². The van der Waals surface area contributed by atoms with Crippen molar-refractivity contribution in [2.45, 2.75) is 38.2 Å². The Morgan fingerprint density at radius 3 is 2.67 bits per heavy atom. The molecule has 1 aliphatic rings. The molecule has 0 radical (unpaired) electrons. The first-order valence-electron chi connectivity index (χ1n) is 6.13. The molecule has 1 fully saturated rings. The summed E-state index contributed by atoms with van der Waals surface area (Å²) in [5, 5.41) is 9.78. The fraction of sp³-hybridized carbons (Fsp3) is 0.615. The number of rotatable bonds is 4. The number of halogens is 2. The molecule has 1 unspecified atom stereocenters. The molecule has 0 spiro atoms. The van der Waals surface area contributed by atoms with Crippen LogP contribution in [0.25, 0.3) is 0 Å². The van der Waals surface area contributed by atoms with Crippen LogP contribution in [0.4, 0.5) is 4.39 Å². The van der Waals surface area contributed by atoms with Crippen molar-refractivity contribution in [2.24, 2.45) is 11.7 Å². The van der Waals surface area contributed by atoms with E-state index < -0.39 is 11.4 Å². The summed E-state index contributed by atoms with van der Waals surface area (Å²) < 4.78 is 13.9. The molecule has 1 aromatic rings. The summed E-state index contributed by atoms with van der Waals surface area (Å²) in [6.07, 6.45) is 2.24. The number of aliphatic hydroxyl groups is 1. The second-order valence-corrected chi connectivity index (χ2v) is 5.80. The van der Waals surface area contributed by atoms with Gasteiger partial charge in [-0.2, -0.15) is 0 Å². The molecule has 3 nitrogen and oxygen atoms in total. The van der Waals surface area contributed by atoms with E-state index in [0.29, 0.717) is 18.2 Å². The number of pyridine rings is 1. The maximum absolute atomic E-state index is 13.9. The third-order valence-electron chi connectivity index (χ3n) is 3.42. The van der Waals surface area contributed by atoms with Crippen LogP contribution in [0.3, 0.4) is 0 Å². The molecule has 0 saturated heterocycles. The van der Waals surface area contributed by atoms with E-state index in [0.717, 1.165) is 12.8 Å². The minimum absolute atomic E-state index is 0.101. The number of aromatic nitrogens is 1. The average molecular weight is 273 g/mol. The Kier molecular flexibility index (Phi) is 3.63. The highest BCUT2D eigenvalue weighted by atomic mass is 35.5. The standard InChI is InChI=1S/C13H18ClFN2O/c1-13(2,18)9-5-10(17-12(14)11(9)15)8(6-16)7-3-4-7/h5,7-8,18H,3-4,6,16H2,1-2H3. The zero-order valence-electron chi connectivity index (χ0n) is 10.6. The molecule has 0 bridgehead atoms. The Hall–Kier alpha value is -0.710. The van der Waals surface area contributed by atoms with E-state index in [1.165, 1.54) is 13.8 Å². The molecule has 3 N–H and O–H groups in total. The topological polar surface area (TPSA) is 59.1 Å². The lowest BCUT2D eigenvalue weighted by atomic mass is 9.93. The Morgan fingerprint density at radius 2 is 2.22 bits per heavy atom. The largest absolute Gasteiger partial charge is 0.386 e. The van der Waals surface area contributed by atoms with Gasteiger partial charge in [0.15, 0.2) is 11.0 Å². The molecule has 2 rings (SSSR count). The highest BCUT2D eigenvalue weighted by molar-refractivity contribution is 6.29. The molecular weight excluding hydrogens is 255 g/mol. The van der Waals surface area contributed by atoms with Gasteiger partial charge in [0, 0.05) is 23.7 Å². The average Bonchev–Trinajstić information content (AvgIpc) is 3.06. The fourth-order valence-corrected chi connectivity index (χ4v) is 2.40. The van der Waals surface area contributed by atoms with Crippen LogP contribution in [-0.4, -0.2) is 16.6 Å². The molecular formula is C13H18ClFN2O. The third kappa shape index (κ3) is 2.66. The minimum Gasteiger partial charge on any atom is -0.386 e. The zero-order valence-corrected chi connectivity index (χ0v) is 11.3. The van der Waals surface area contributed by atoms with Crippen LogP contribution in [-0.2, 0) is 5.60 Å². The quantitative estimate of drug-likeness (QED) is 0.828. The first-order valence-corrected chi connectivity index (χ1v) is 6.51. The van der Waals surface area contributed by atoms with Crippen LogP contribution in [0.1, 0.15) is 43.9 Å². The zero-order chi connectivity index (χ0) is 13.5. The number of nitrogens with two attached hydrogens (primary N) is 1. The van der Waals surface area contributed by atoms with Crippen molar-refractivity contribution < 1.29 is 9.50 Å². The summed E-state index contributed by atoms with van der Waals surface area (Å²) >= 11 is 5.81. The van der Waals surface area contributed by atoms with Gasteiger partial charge in [0.25, 0.3) is 0 Å². The van der Waals surface area contributed by atoms with Crippen molar-refractivity contribution in [1.82, 2.24) is 4.98 Å². The monoisotopic (exact) mass is 272 g/mol. The van der Waals surface area contributed by atoms with Crippen molar-refractivity contribution >= 4 is 11.6 Å². The second-order valence-electron chi connectivity index (χ2n) is 5.44. The highest BCUT2D eigenvalue weighted by Crippen LogP contribution is 2.42. The predicted octanol–water partition coefficient (Wildman–Crippen LogP) is 2.55. The van der Waals surface area contributed by atoms with Crippen molar-refractivity contribution in [3.8, 4) is 0 Å². The number of hydrogen-bond acceptors (Lipinski definition) is 3. The maximum atomic E-state index is 13.9. The normalized spacial score (nSPS) is 17.9. The van der Waals surface area contributed by atoms with E-state index >= 15 is 0 Å². The molecule has 18 heavy (non-hydrogen) atoms. The molecule has 0 aromatic carbocycles. The molecule has 1 heterocycles. The van der Waals surface area contributed by atoms with Crippen LogP contribution >= 0.6 is 11.6 Å². The Bertz CT molecular complexity index is 455. The van der Waals surface area contributed by atoms with E-state index in [4.69, 9.17) is 17.3 Å². The van der Waals surface area contributed by atoms with Crippen LogP contribution in [0, 0.1) is 11.7 Å². The molecule has 1 saturated carbocycles. The molecule has 1 aliphatic carbocycles. The predicted molar refractivity (Wildman–Crippen MR) is 69.0 cm³/mol. The molecule has 0 aliphatic heterocycles. The number of nitrogens with zero attached hydrogens (tertiary/aromatic N) is 1. The summed E-state index contributed by atoms with van der Waals surface area (Å²) in [6, 6.07) is 1.59. The lowest BCUT2D eigenvalue weighted by Crippen LogP contribution is -2.22. The van der Waals surface area contributed by atoms with Gasteiger partial charge in [-0.05, 0) is 38.7 Å². The van der Waals surface area contributed by atoms with Gasteiger partial charge in [0.1, 0.15) is 0 Å². The van der Waals surface area contributed by atoms with Gasteiger partial charge in [0.2, 0.25) is 0 Å². The van der Waals surface area contributed by atoms with E-state index in [1.54, 1.807) is 6.07 Å². The minimum atomic E-state index is -1.28. The van der Waals surface area contributed by atoms with Crippen molar-refractivity contribution in [2.75, 3.05) is 6.54 Å². The van der Waals surface area contributed by atoms with Crippen molar-refractivity contribution in [1.29, 1.82) is 0 Å². The summed E-state index contributed by atoms with van der Waals surface area (Å²) in [4.78, 5) is 4.08. The summed E-state index contributed by atoms with van der Waals surface area (Å²) in [5.41, 5.74) is 5.33. The van der Waals surface area contributed by atoms with Gasteiger partial charge in [-0.3, -0.25) is 0 Å². The van der Waals surface area contributed by atoms with Crippen molar-refractivity contribution in [3.05, 3.63) is 28.3 Å². The highest BCUT2D eigenvalue weighted by Gasteiger charge is 2.34. The fourth-order valence-electron chi connectivity index (χ4n) is 2.21. The SMILES string of the molecule is CC(C)(O)c1cc(C(CN)C2CC2)nc(Cl)c1F. The van der Waals surface area contributed by atoms with Crippen LogP contribution < -0.4 is 5.73 Å². The van der Waals surface area contributed by atoms with Gasteiger partial charge in [0.05, 0.1) is 5.60 Å². The lowest BCUT2D eigenvalue weighted by Gasteiger charge is -2.22. The van der Waals surface area contributed by atoms with Crippen LogP contribution in [0.15, 0.2) is 6.07 Å². The van der Waals surface area contributed by atoms with Gasteiger partial charge in [-0.15, -0.1) is 0 Å². The number of hydrogen-bond donors (Lipinski definition) is 2. The van der Waals surface area contributed by atoms with E-state index in [9.17, 15) is 9.50 Å². The lowest BCUT2D eigenvalue weighted by molar-refractivity contribution is 0.0742. The molecule has 100 valence electrons. The van der Waals surface area contributed by atoms with Crippen LogP contribution in [0.5, 0.6) is 0 Å². The van der Waals surface area contributed by atoms with E-state index in [-0.39, 0.29) is 16.6 Å². The van der Waals surface area contributed by atoms with Gasteiger partial charge in [-0.25, -0.2) is 9.37 Å². The Morgan fingerprint density at radius 1 is 1.61 bits per heavy atom. The Balaban J connectivity index is 2.46. The van der Waals surface area contributed by atoms with E-state index in [1.807, 2.05) is 0 Å². The van der Waals surface area contributed by atoms with Gasteiger partial charge < -0.3 is 10.8 Å². The van der Waals surface area contributed by atoms with Crippen molar-refractivity contribution in [3.63, 3.8) is 0 Å². The summed E-state index contributed by atoms with van der Waals surface area (Å²) in [7, 11) is 0. The van der Waals surface area contributed by atoms with Gasteiger partial charge in [-0.1, -0.05) is 11.6 Å². The molecule has 1 aromatic heterocycles. The smallest absolute Gasteiger partial charge is 0.166 e. The maximum Gasteiger partial charge on any atom is 0.166 e. The van der Waals surface area contributed by atoms with Crippen LogP contribution in [0.2, 0.25) is 5.15 Å².